The van der Waals surface area contributed by atoms with Gasteiger partial charge in [0.05, 0.1) is 33.1 Å². The number of hydrogen-bond acceptors (Lipinski definition) is 7. The Morgan fingerprint density at radius 1 is 0.976 bits per heavy atom. The van der Waals surface area contributed by atoms with Gasteiger partial charge in [-0.15, -0.1) is 11.3 Å². The number of thiophene rings is 1. The Hall–Kier alpha value is -2.14. The van der Waals surface area contributed by atoms with Gasteiger partial charge in [0.1, 0.15) is 0 Å². The molecule has 0 unspecified atom stereocenters. The first-order valence-corrected chi connectivity index (χ1v) is 18.0. The molecule has 1 fully saturated rings. The molecule has 236 valence electrons. The average molecular weight is 622 g/mol. The molecule has 2 heterocycles. The molecule has 8 nitrogen and oxygen atoms in total. The van der Waals surface area contributed by atoms with Crippen LogP contribution in [0.1, 0.15) is 74.3 Å². The van der Waals surface area contributed by atoms with Gasteiger partial charge >= 0.3 is 0 Å². The lowest BCUT2D eigenvalue weighted by Gasteiger charge is -2.28. The van der Waals surface area contributed by atoms with Crippen molar-refractivity contribution in [1.82, 2.24) is 14.1 Å². The van der Waals surface area contributed by atoms with Gasteiger partial charge in [-0.1, -0.05) is 45.1 Å². The molecule has 0 spiro atoms. The Labute approximate surface area is 258 Å². The number of sulfonamides is 1. The van der Waals surface area contributed by atoms with Crippen LogP contribution < -0.4 is 9.47 Å². The third-order valence-electron chi connectivity index (χ3n) is 8.10. The van der Waals surface area contributed by atoms with Crippen LogP contribution >= 0.6 is 11.3 Å². The second-order valence-corrected chi connectivity index (χ2v) is 14.3. The summed E-state index contributed by atoms with van der Waals surface area (Å²) in [7, 11) is -0.339. The highest BCUT2D eigenvalue weighted by molar-refractivity contribution is 7.89. The molecule has 1 aromatic carbocycles. The van der Waals surface area contributed by atoms with Gasteiger partial charge in [0, 0.05) is 24.5 Å². The van der Waals surface area contributed by atoms with Gasteiger partial charge in [-0.05, 0) is 80.4 Å². The van der Waals surface area contributed by atoms with Crippen molar-refractivity contribution in [3.63, 3.8) is 0 Å². The molecule has 0 bridgehead atoms. The van der Waals surface area contributed by atoms with E-state index in [0.717, 1.165) is 67.6 Å². The fourth-order valence-corrected chi connectivity index (χ4v) is 7.77. The number of unbranched alkanes of at least 4 members (excludes halogenated alkanes) is 5. The summed E-state index contributed by atoms with van der Waals surface area (Å²) in [5, 5.41) is 2.04. The minimum atomic E-state index is -3.56. The first-order valence-electron chi connectivity index (χ1n) is 15.5. The highest BCUT2D eigenvalue weighted by atomic mass is 32.2. The van der Waals surface area contributed by atoms with Gasteiger partial charge in [0.25, 0.3) is 0 Å². The van der Waals surface area contributed by atoms with Crippen LogP contribution in [-0.4, -0.2) is 87.7 Å². The number of methoxy groups -OCH3 is 2. The zero-order valence-corrected chi connectivity index (χ0v) is 27.7. The summed E-state index contributed by atoms with van der Waals surface area (Å²) < 4.78 is 39.5. The molecule has 0 atom stereocenters. The van der Waals surface area contributed by atoms with Crippen molar-refractivity contribution in [2.24, 2.45) is 0 Å². The fraction of sp³-hybridized carbons (Fsp3) is 0.656. The van der Waals surface area contributed by atoms with Crippen LogP contribution in [0.2, 0.25) is 0 Å². The quantitative estimate of drug-likeness (QED) is 0.176. The topological polar surface area (TPSA) is 79.4 Å². The molecule has 1 aliphatic heterocycles. The summed E-state index contributed by atoms with van der Waals surface area (Å²) in [6, 6.07) is 7.85. The fourth-order valence-electron chi connectivity index (χ4n) is 5.35. The van der Waals surface area contributed by atoms with Gasteiger partial charge in [-0.25, -0.2) is 8.42 Å². The van der Waals surface area contributed by atoms with Crippen molar-refractivity contribution >= 4 is 27.3 Å². The summed E-state index contributed by atoms with van der Waals surface area (Å²) >= 11 is 1.63. The van der Waals surface area contributed by atoms with Crippen LogP contribution in [-0.2, 0) is 27.8 Å². The van der Waals surface area contributed by atoms with Crippen LogP contribution in [0.5, 0.6) is 11.5 Å². The molecule has 0 N–H and O–H groups in total. The third kappa shape index (κ3) is 10.8. The van der Waals surface area contributed by atoms with Crippen LogP contribution in [0.25, 0.3) is 0 Å². The predicted molar refractivity (Wildman–Crippen MR) is 172 cm³/mol. The zero-order chi connectivity index (χ0) is 30.4. The van der Waals surface area contributed by atoms with E-state index in [4.69, 9.17) is 9.47 Å². The minimum Gasteiger partial charge on any atom is -0.493 e. The van der Waals surface area contributed by atoms with Gasteiger partial charge in [-0.2, -0.15) is 4.31 Å². The van der Waals surface area contributed by atoms with Crippen molar-refractivity contribution < 1.29 is 22.7 Å². The maximum absolute atomic E-state index is 13.9. The summed E-state index contributed by atoms with van der Waals surface area (Å²) in [6.07, 6.45) is 9.01. The summed E-state index contributed by atoms with van der Waals surface area (Å²) in [6.45, 7) is 8.05. The third-order valence-corrected chi connectivity index (χ3v) is 11.0. The Morgan fingerprint density at radius 2 is 1.69 bits per heavy atom. The molecule has 0 aliphatic carbocycles. The van der Waals surface area contributed by atoms with E-state index in [1.807, 2.05) is 28.5 Å². The van der Waals surface area contributed by atoms with Gasteiger partial charge in [-0.3, -0.25) is 4.79 Å². The molecular formula is C32H51N3O5S2. The number of nitrogens with zero attached hydrogens (tertiary/aromatic N) is 3. The molecule has 1 saturated heterocycles. The molecule has 0 radical (unpaired) electrons. The van der Waals surface area contributed by atoms with E-state index in [2.05, 4.69) is 24.8 Å². The number of benzene rings is 1. The van der Waals surface area contributed by atoms with E-state index in [0.29, 0.717) is 50.5 Å². The van der Waals surface area contributed by atoms with E-state index in [1.54, 1.807) is 25.6 Å². The first kappa shape index (κ1) is 34.4. The van der Waals surface area contributed by atoms with Crippen LogP contribution in [0.4, 0.5) is 0 Å². The maximum Gasteiger partial charge on any atom is 0.238 e. The molecule has 2 aromatic rings. The molecule has 1 amide bonds. The molecule has 42 heavy (non-hydrogen) atoms. The number of carbonyl (C=O) groups is 1. The lowest BCUT2D eigenvalue weighted by atomic mass is 10.1. The number of hydrogen-bond donors (Lipinski definition) is 0. The van der Waals surface area contributed by atoms with E-state index in [-0.39, 0.29) is 18.2 Å². The van der Waals surface area contributed by atoms with Gasteiger partial charge in [0.15, 0.2) is 11.5 Å². The Balaban J connectivity index is 1.73. The van der Waals surface area contributed by atoms with E-state index >= 15 is 0 Å². The van der Waals surface area contributed by atoms with Gasteiger partial charge in [0.2, 0.25) is 15.9 Å². The number of rotatable bonds is 20. The molecule has 0 saturated carbocycles. The molecule has 10 heteroatoms. The molecule has 1 aromatic heterocycles. The van der Waals surface area contributed by atoms with Crippen molar-refractivity contribution in [2.45, 2.75) is 78.2 Å². The minimum absolute atomic E-state index is 0.0993. The van der Waals surface area contributed by atoms with Crippen LogP contribution in [0.15, 0.2) is 29.6 Å². The van der Waals surface area contributed by atoms with Crippen molar-refractivity contribution in [2.75, 3.05) is 59.2 Å². The van der Waals surface area contributed by atoms with Gasteiger partial charge < -0.3 is 19.3 Å². The summed E-state index contributed by atoms with van der Waals surface area (Å²) in [5.74, 6) is 1.25. The smallest absolute Gasteiger partial charge is 0.238 e. The molecule has 1 aliphatic rings. The number of carbonyl (C=O) groups excluding carboxylic acids is 1. The predicted octanol–water partition coefficient (Wildman–Crippen LogP) is 5.73. The maximum atomic E-state index is 13.9. The summed E-state index contributed by atoms with van der Waals surface area (Å²) in [4.78, 5) is 19.1. The second-order valence-electron chi connectivity index (χ2n) is 11.2. The Kier molecular flexibility index (Phi) is 14.6. The summed E-state index contributed by atoms with van der Waals surface area (Å²) in [5.41, 5.74) is 2.17. The zero-order valence-electron chi connectivity index (χ0n) is 26.1. The Bertz CT molecular complexity index is 1190. The number of ether oxygens (including phenoxy) is 2. The van der Waals surface area contributed by atoms with Crippen LogP contribution in [0.3, 0.4) is 0 Å². The normalized spacial score (nSPS) is 14.0. The highest BCUT2D eigenvalue weighted by Gasteiger charge is 2.28. The van der Waals surface area contributed by atoms with Crippen molar-refractivity contribution in [3.8, 4) is 11.5 Å². The highest BCUT2D eigenvalue weighted by Crippen LogP contribution is 2.28. The molecular weight excluding hydrogens is 571 g/mol. The number of likely N-dealkylation sites (tertiary alicyclic amines) is 1. The lowest BCUT2D eigenvalue weighted by Crippen LogP contribution is -2.46. The van der Waals surface area contributed by atoms with Crippen LogP contribution in [0, 0.1) is 6.92 Å². The van der Waals surface area contributed by atoms with E-state index in [1.165, 1.54) is 10.7 Å². The SMILES string of the molecule is CCCCCCCCS(=O)(=O)N(CCN1CCCC1)CC(=O)N(CCc1ccc(OC)c(OC)c1)Cc1sccc1C. The second kappa shape index (κ2) is 17.9. The standard InChI is InChI=1S/C32H51N3O5S2/c1-5-6-7-8-9-12-23-42(37,38)35(21-20-33-17-10-11-18-33)26-32(36)34(25-31-27(2)16-22-41-31)19-15-28-13-14-29(39-3)30(24-28)40-4/h13-14,16,22,24H,5-12,15,17-21,23,25-26H2,1-4H3. The largest absolute Gasteiger partial charge is 0.493 e. The van der Waals surface area contributed by atoms with E-state index in [9.17, 15) is 13.2 Å². The number of amides is 1. The monoisotopic (exact) mass is 621 g/mol. The van der Waals surface area contributed by atoms with Crippen molar-refractivity contribution in [3.05, 3.63) is 45.6 Å². The van der Waals surface area contributed by atoms with Crippen molar-refractivity contribution in [1.29, 1.82) is 0 Å². The number of aryl methyl sites for hydroxylation is 1. The first-order chi connectivity index (χ1) is 20.3. The Morgan fingerprint density at radius 3 is 2.36 bits per heavy atom. The average Bonchev–Trinajstić information content (AvgIpc) is 3.66. The molecule has 3 rings (SSSR count). The lowest BCUT2D eigenvalue weighted by molar-refractivity contribution is -0.132. The van der Waals surface area contributed by atoms with E-state index < -0.39 is 10.0 Å².